The number of nitrogens with zero attached hydrogens (tertiary/aromatic N) is 1. The van der Waals surface area contributed by atoms with Crippen molar-refractivity contribution in [3.8, 4) is 5.75 Å². The molecule has 178 valence electrons. The predicted octanol–water partition coefficient (Wildman–Crippen LogP) is 4.30. The third kappa shape index (κ3) is 6.34. The zero-order chi connectivity index (χ0) is 24.6. The molecule has 0 bridgehead atoms. The normalized spacial score (nSPS) is 11.8. The minimum Gasteiger partial charge on any atom is -0.495 e. The number of carbonyl (C=O) groups is 1. The minimum absolute atomic E-state index is 0.0520. The zero-order valence-electron chi connectivity index (χ0n) is 19.6. The molecule has 7 heteroatoms. The number of methoxy groups -OCH3 is 1. The number of benzene rings is 3. The van der Waals surface area contributed by atoms with Gasteiger partial charge >= 0.3 is 0 Å². The molecule has 1 amide bonds. The summed E-state index contributed by atoms with van der Waals surface area (Å²) in [5.74, 6) is 0.183. The van der Waals surface area contributed by atoms with Crippen LogP contribution in [0.15, 0.2) is 89.8 Å². The summed E-state index contributed by atoms with van der Waals surface area (Å²) < 4.78 is 31.5. The molecule has 0 spiro atoms. The first-order chi connectivity index (χ1) is 16.3. The van der Waals surface area contributed by atoms with Gasteiger partial charge in [0.15, 0.2) is 0 Å². The van der Waals surface area contributed by atoms with Gasteiger partial charge in [-0.2, -0.15) is 0 Å². The van der Waals surface area contributed by atoms with Gasteiger partial charge < -0.3 is 10.1 Å². The lowest BCUT2D eigenvalue weighted by Crippen LogP contribution is -2.24. The summed E-state index contributed by atoms with van der Waals surface area (Å²) in [5, 5.41) is 2.93. The number of hydrogen-bond donors (Lipinski definition) is 1. The number of hydrogen-bond acceptors (Lipinski definition) is 4. The molecule has 0 aromatic heterocycles. The molecule has 0 saturated carbocycles. The molecule has 0 atom stereocenters. The second kappa shape index (κ2) is 11.6. The molecule has 0 aliphatic heterocycles. The molecule has 0 heterocycles. The van der Waals surface area contributed by atoms with E-state index in [1.165, 1.54) is 44.5 Å². The molecule has 6 nitrogen and oxygen atoms in total. The SMILES string of the molecule is COc1ccc(/C=C/C(=O)NCCC(c2ccccc2)c2ccccc2)cc1S(=O)(=O)N(C)C. The van der Waals surface area contributed by atoms with Crippen LogP contribution in [0.2, 0.25) is 0 Å². The summed E-state index contributed by atoms with van der Waals surface area (Å²) in [6.07, 6.45) is 3.75. The molecule has 0 radical (unpaired) electrons. The van der Waals surface area contributed by atoms with Crippen molar-refractivity contribution in [1.82, 2.24) is 9.62 Å². The van der Waals surface area contributed by atoms with Crippen LogP contribution in [0, 0.1) is 0 Å². The topological polar surface area (TPSA) is 75.7 Å². The van der Waals surface area contributed by atoms with Crippen molar-refractivity contribution in [2.75, 3.05) is 27.7 Å². The van der Waals surface area contributed by atoms with Crippen molar-refractivity contribution < 1.29 is 17.9 Å². The fraction of sp³-hybridized carbons (Fsp3) is 0.222. The zero-order valence-corrected chi connectivity index (χ0v) is 20.5. The fourth-order valence-corrected chi connectivity index (χ4v) is 4.75. The van der Waals surface area contributed by atoms with E-state index in [9.17, 15) is 13.2 Å². The molecular formula is C27H30N2O4S. The van der Waals surface area contributed by atoms with Gasteiger partial charge in [0, 0.05) is 32.6 Å². The lowest BCUT2D eigenvalue weighted by atomic mass is 9.88. The summed E-state index contributed by atoms with van der Waals surface area (Å²) >= 11 is 0. The highest BCUT2D eigenvalue weighted by atomic mass is 32.2. The summed E-state index contributed by atoms with van der Waals surface area (Å²) in [6.45, 7) is 0.500. The first kappa shape index (κ1) is 25.2. The van der Waals surface area contributed by atoms with Crippen LogP contribution in [0.25, 0.3) is 6.08 Å². The maximum Gasteiger partial charge on any atom is 0.246 e. The second-order valence-electron chi connectivity index (χ2n) is 7.98. The lowest BCUT2D eigenvalue weighted by Gasteiger charge is -2.18. The van der Waals surface area contributed by atoms with E-state index in [2.05, 4.69) is 29.6 Å². The average molecular weight is 479 g/mol. The van der Waals surface area contributed by atoms with Crippen LogP contribution in [0.5, 0.6) is 5.75 Å². The Bertz CT molecular complexity index is 1180. The Balaban J connectivity index is 1.67. The molecule has 3 rings (SSSR count). The third-order valence-corrected chi connectivity index (χ3v) is 7.35. The van der Waals surface area contributed by atoms with E-state index in [1.807, 2.05) is 36.4 Å². The van der Waals surface area contributed by atoms with E-state index in [0.717, 1.165) is 10.7 Å². The van der Waals surface area contributed by atoms with Gasteiger partial charge in [0.25, 0.3) is 0 Å². The van der Waals surface area contributed by atoms with E-state index >= 15 is 0 Å². The predicted molar refractivity (Wildman–Crippen MR) is 135 cm³/mol. The van der Waals surface area contributed by atoms with Gasteiger partial charge in [0.1, 0.15) is 10.6 Å². The first-order valence-electron chi connectivity index (χ1n) is 11.0. The molecule has 0 aliphatic rings. The van der Waals surface area contributed by atoms with Crippen LogP contribution in [0.3, 0.4) is 0 Å². The minimum atomic E-state index is -3.68. The molecule has 0 unspecified atom stereocenters. The van der Waals surface area contributed by atoms with Gasteiger partial charge in [0.05, 0.1) is 7.11 Å². The van der Waals surface area contributed by atoms with Crippen molar-refractivity contribution in [2.24, 2.45) is 0 Å². The molecule has 0 saturated heterocycles. The summed E-state index contributed by atoms with van der Waals surface area (Å²) in [5.41, 5.74) is 2.99. The van der Waals surface area contributed by atoms with E-state index in [-0.39, 0.29) is 22.5 Å². The maximum atomic E-state index is 12.6. The number of amides is 1. The number of nitrogens with one attached hydrogen (secondary N) is 1. The highest BCUT2D eigenvalue weighted by Crippen LogP contribution is 2.28. The highest BCUT2D eigenvalue weighted by Gasteiger charge is 2.22. The van der Waals surface area contributed by atoms with Crippen LogP contribution in [0.4, 0.5) is 0 Å². The van der Waals surface area contributed by atoms with E-state index in [4.69, 9.17) is 4.74 Å². The molecule has 3 aromatic rings. The monoisotopic (exact) mass is 478 g/mol. The Hall–Kier alpha value is -3.42. The number of carbonyl (C=O) groups excluding carboxylic acids is 1. The van der Waals surface area contributed by atoms with Crippen molar-refractivity contribution in [3.63, 3.8) is 0 Å². The second-order valence-corrected chi connectivity index (χ2v) is 10.1. The summed E-state index contributed by atoms with van der Waals surface area (Å²) in [7, 11) is 0.661. The quantitative estimate of drug-likeness (QED) is 0.441. The van der Waals surface area contributed by atoms with Crippen LogP contribution in [-0.4, -0.2) is 46.4 Å². The van der Waals surface area contributed by atoms with Gasteiger partial charge in [-0.3, -0.25) is 4.79 Å². The van der Waals surface area contributed by atoms with Gasteiger partial charge in [-0.25, -0.2) is 12.7 Å². The van der Waals surface area contributed by atoms with Crippen LogP contribution < -0.4 is 10.1 Å². The third-order valence-electron chi connectivity index (χ3n) is 5.51. The maximum absolute atomic E-state index is 12.6. The highest BCUT2D eigenvalue weighted by molar-refractivity contribution is 7.89. The standard InChI is InChI=1S/C27H30N2O4S/c1-29(2)34(31,32)26-20-21(14-16-25(26)33-3)15-17-27(30)28-19-18-24(22-10-6-4-7-11-22)23-12-8-5-9-13-23/h4-17,20,24H,18-19H2,1-3H3,(H,28,30)/b17-15+. The number of ether oxygens (including phenoxy) is 1. The van der Waals surface area contributed by atoms with Crippen LogP contribution >= 0.6 is 0 Å². The van der Waals surface area contributed by atoms with Gasteiger partial charge in [-0.05, 0) is 41.3 Å². The van der Waals surface area contributed by atoms with E-state index in [1.54, 1.807) is 18.2 Å². The van der Waals surface area contributed by atoms with Crippen LogP contribution in [-0.2, 0) is 14.8 Å². The van der Waals surface area contributed by atoms with Crippen molar-refractivity contribution >= 4 is 22.0 Å². The van der Waals surface area contributed by atoms with E-state index < -0.39 is 10.0 Å². The summed E-state index contributed by atoms with van der Waals surface area (Å²) in [6, 6.07) is 25.3. The first-order valence-corrected chi connectivity index (χ1v) is 12.4. The van der Waals surface area contributed by atoms with Gasteiger partial charge in [-0.1, -0.05) is 66.7 Å². The van der Waals surface area contributed by atoms with Crippen molar-refractivity contribution in [3.05, 3.63) is 102 Å². The van der Waals surface area contributed by atoms with E-state index in [0.29, 0.717) is 12.1 Å². The largest absolute Gasteiger partial charge is 0.495 e. The molecule has 1 N–H and O–H groups in total. The smallest absolute Gasteiger partial charge is 0.246 e. The fourth-order valence-electron chi connectivity index (χ4n) is 3.66. The van der Waals surface area contributed by atoms with Gasteiger partial charge in [0.2, 0.25) is 15.9 Å². The molecule has 0 fully saturated rings. The molecule has 3 aromatic carbocycles. The molecule has 34 heavy (non-hydrogen) atoms. The van der Waals surface area contributed by atoms with Crippen molar-refractivity contribution in [2.45, 2.75) is 17.2 Å². The Labute approximate surface area is 201 Å². The Morgan fingerprint density at radius 3 is 2.09 bits per heavy atom. The summed E-state index contributed by atoms with van der Waals surface area (Å²) in [4.78, 5) is 12.5. The molecular weight excluding hydrogens is 448 g/mol. The molecule has 0 aliphatic carbocycles. The Kier molecular flexibility index (Phi) is 8.62. The number of sulfonamides is 1. The Morgan fingerprint density at radius 2 is 1.56 bits per heavy atom. The van der Waals surface area contributed by atoms with Gasteiger partial charge in [-0.15, -0.1) is 0 Å². The lowest BCUT2D eigenvalue weighted by molar-refractivity contribution is -0.116. The van der Waals surface area contributed by atoms with Crippen LogP contribution in [0.1, 0.15) is 29.0 Å². The van der Waals surface area contributed by atoms with Crippen molar-refractivity contribution in [1.29, 1.82) is 0 Å². The number of rotatable bonds is 10. The average Bonchev–Trinajstić information content (AvgIpc) is 2.86. The Morgan fingerprint density at radius 1 is 0.971 bits per heavy atom.